The second kappa shape index (κ2) is 4.18. The highest BCUT2D eigenvalue weighted by atomic mass is 32.2. The van der Waals surface area contributed by atoms with Crippen LogP contribution >= 0.6 is 11.3 Å². The average molecular weight is 315 g/mol. The van der Waals surface area contributed by atoms with Gasteiger partial charge in [-0.2, -0.15) is 17.9 Å². The number of aromatic carboxylic acids is 1. The Bertz CT molecular complexity index is 616. The summed E-state index contributed by atoms with van der Waals surface area (Å²) in [6.07, 6.45) is -5.29. The molecule has 0 unspecified atom stereocenters. The minimum Gasteiger partial charge on any atom is -0.477 e. The van der Waals surface area contributed by atoms with E-state index >= 15 is 0 Å². The van der Waals surface area contributed by atoms with Crippen LogP contribution in [0.25, 0.3) is 0 Å². The van der Waals surface area contributed by atoms with Crippen molar-refractivity contribution in [1.82, 2.24) is 4.72 Å². The quantitative estimate of drug-likeness (QED) is 0.888. The SMILES string of the molecule is O=C(O)c1cc(S(=O)(=O)NC2(C(F)(F)F)CC2)cs1. The average Bonchev–Trinajstić information content (AvgIpc) is 2.85. The van der Waals surface area contributed by atoms with Crippen LogP contribution in [-0.2, 0) is 10.0 Å². The Hall–Kier alpha value is -1.13. The lowest BCUT2D eigenvalue weighted by Gasteiger charge is -2.20. The van der Waals surface area contributed by atoms with Crippen molar-refractivity contribution in [2.45, 2.75) is 29.5 Å². The first-order valence-corrected chi connectivity index (χ1v) is 7.36. The van der Waals surface area contributed by atoms with Gasteiger partial charge in [-0.1, -0.05) is 0 Å². The summed E-state index contributed by atoms with van der Waals surface area (Å²) in [6, 6.07) is 0.835. The molecule has 1 fully saturated rings. The molecule has 5 nitrogen and oxygen atoms in total. The van der Waals surface area contributed by atoms with Gasteiger partial charge in [-0.05, 0) is 18.9 Å². The molecular weight excluding hydrogens is 307 g/mol. The predicted molar refractivity (Wildman–Crippen MR) is 59.6 cm³/mol. The number of hydrogen-bond donors (Lipinski definition) is 2. The van der Waals surface area contributed by atoms with Crippen LogP contribution in [0.15, 0.2) is 16.3 Å². The first-order valence-electron chi connectivity index (χ1n) is 5.00. The highest BCUT2D eigenvalue weighted by Crippen LogP contribution is 2.49. The van der Waals surface area contributed by atoms with Gasteiger partial charge in [-0.15, -0.1) is 11.3 Å². The zero-order chi connectivity index (χ0) is 14.5. The molecule has 1 saturated carbocycles. The molecule has 1 aromatic heterocycles. The molecule has 1 aliphatic carbocycles. The normalized spacial score (nSPS) is 18.3. The van der Waals surface area contributed by atoms with Crippen LogP contribution in [-0.4, -0.2) is 31.2 Å². The molecule has 106 valence electrons. The number of carbonyl (C=O) groups is 1. The number of carboxylic acids is 1. The fourth-order valence-electron chi connectivity index (χ4n) is 1.46. The third-order valence-electron chi connectivity index (χ3n) is 2.72. The Morgan fingerprint density at radius 2 is 2.00 bits per heavy atom. The fraction of sp³-hybridized carbons (Fsp3) is 0.444. The van der Waals surface area contributed by atoms with E-state index < -0.39 is 32.6 Å². The zero-order valence-corrected chi connectivity index (χ0v) is 10.8. The van der Waals surface area contributed by atoms with Crippen molar-refractivity contribution in [3.05, 3.63) is 16.3 Å². The van der Waals surface area contributed by atoms with Gasteiger partial charge in [0.15, 0.2) is 0 Å². The van der Waals surface area contributed by atoms with Gasteiger partial charge in [0.25, 0.3) is 0 Å². The van der Waals surface area contributed by atoms with Crippen molar-refractivity contribution in [2.75, 3.05) is 0 Å². The van der Waals surface area contributed by atoms with Crippen molar-refractivity contribution in [3.63, 3.8) is 0 Å². The molecule has 0 bridgehead atoms. The molecule has 0 aromatic carbocycles. The highest BCUT2D eigenvalue weighted by Gasteiger charge is 2.65. The zero-order valence-electron chi connectivity index (χ0n) is 9.19. The van der Waals surface area contributed by atoms with Gasteiger partial charge in [0.2, 0.25) is 10.0 Å². The Morgan fingerprint density at radius 3 is 2.37 bits per heavy atom. The summed E-state index contributed by atoms with van der Waals surface area (Å²) in [5.41, 5.74) is -2.41. The first kappa shape index (κ1) is 14.3. The number of halogens is 3. The molecule has 2 rings (SSSR count). The summed E-state index contributed by atoms with van der Waals surface area (Å²) in [7, 11) is -4.37. The summed E-state index contributed by atoms with van der Waals surface area (Å²) >= 11 is 0.638. The molecule has 0 radical (unpaired) electrons. The molecule has 0 saturated heterocycles. The summed E-state index contributed by atoms with van der Waals surface area (Å²) in [6.45, 7) is 0. The number of nitrogens with one attached hydrogen (secondary N) is 1. The standard InChI is InChI=1S/C9H8F3NO4S2/c10-9(11,12)8(1-2-8)13-19(16,17)5-3-6(7(14)15)18-4-5/h3-4,13H,1-2H2,(H,14,15). The fourth-order valence-corrected chi connectivity index (χ4v) is 4.01. The van der Waals surface area contributed by atoms with Gasteiger partial charge in [-0.25, -0.2) is 13.2 Å². The summed E-state index contributed by atoms with van der Waals surface area (Å²) in [5.74, 6) is -1.33. The topological polar surface area (TPSA) is 83.5 Å². The minimum absolute atomic E-state index is 0.253. The van der Waals surface area contributed by atoms with Crippen LogP contribution in [0.1, 0.15) is 22.5 Å². The van der Waals surface area contributed by atoms with E-state index in [0.29, 0.717) is 11.3 Å². The van der Waals surface area contributed by atoms with Crippen molar-refractivity contribution in [2.24, 2.45) is 0 Å². The molecule has 19 heavy (non-hydrogen) atoms. The summed E-state index contributed by atoms with van der Waals surface area (Å²) in [5, 5.41) is 9.65. The Balaban J connectivity index is 2.26. The van der Waals surface area contributed by atoms with Crippen LogP contribution < -0.4 is 4.72 Å². The number of carboxylic acid groups (broad SMARTS) is 1. The third kappa shape index (κ3) is 2.60. The molecule has 0 aliphatic heterocycles. The van der Waals surface area contributed by atoms with Gasteiger partial charge in [-0.3, -0.25) is 0 Å². The number of alkyl halides is 3. The first-order chi connectivity index (χ1) is 8.57. The van der Waals surface area contributed by atoms with Crippen LogP contribution in [0.3, 0.4) is 0 Å². The maximum atomic E-state index is 12.7. The Labute approximate surface area is 110 Å². The van der Waals surface area contributed by atoms with E-state index in [9.17, 15) is 26.4 Å². The second-order valence-electron chi connectivity index (χ2n) is 4.14. The smallest absolute Gasteiger partial charge is 0.407 e. The van der Waals surface area contributed by atoms with Crippen molar-refractivity contribution < 1.29 is 31.5 Å². The van der Waals surface area contributed by atoms with Gasteiger partial charge in [0.1, 0.15) is 10.4 Å². The van der Waals surface area contributed by atoms with Crippen molar-refractivity contribution in [3.8, 4) is 0 Å². The lowest BCUT2D eigenvalue weighted by atomic mass is 10.3. The third-order valence-corrected chi connectivity index (χ3v) is 5.30. The van der Waals surface area contributed by atoms with Gasteiger partial charge in [0.05, 0.1) is 4.90 Å². The van der Waals surface area contributed by atoms with Crippen LogP contribution in [0.5, 0.6) is 0 Å². The largest absolute Gasteiger partial charge is 0.477 e. The Kier molecular flexibility index (Phi) is 3.14. The molecule has 10 heteroatoms. The number of hydrogen-bond acceptors (Lipinski definition) is 4. The molecular formula is C9H8F3NO4S2. The molecule has 1 heterocycles. The van der Waals surface area contributed by atoms with E-state index in [4.69, 9.17) is 5.11 Å². The number of sulfonamides is 1. The van der Waals surface area contributed by atoms with Gasteiger partial charge >= 0.3 is 12.1 Å². The lowest BCUT2D eigenvalue weighted by Crippen LogP contribution is -2.47. The summed E-state index contributed by atoms with van der Waals surface area (Å²) < 4.78 is 63.1. The molecule has 0 amide bonds. The van der Waals surface area contributed by atoms with E-state index in [-0.39, 0.29) is 17.7 Å². The second-order valence-corrected chi connectivity index (χ2v) is 6.73. The monoisotopic (exact) mass is 315 g/mol. The van der Waals surface area contributed by atoms with E-state index in [2.05, 4.69) is 0 Å². The van der Waals surface area contributed by atoms with E-state index in [1.165, 1.54) is 0 Å². The molecule has 1 aromatic rings. The van der Waals surface area contributed by atoms with Crippen LogP contribution in [0, 0.1) is 0 Å². The van der Waals surface area contributed by atoms with E-state index in [0.717, 1.165) is 11.4 Å². The minimum atomic E-state index is -4.66. The Morgan fingerprint density at radius 1 is 1.42 bits per heavy atom. The number of rotatable bonds is 4. The molecule has 1 aliphatic rings. The number of thiophene rings is 1. The van der Waals surface area contributed by atoms with Gasteiger partial charge < -0.3 is 5.11 Å². The maximum Gasteiger partial charge on any atom is 0.407 e. The van der Waals surface area contributed by atoms with Crippen molar-refractivity contribution >= 4 is 27.3 Å². The molecule has 0 atom stereocenters. The lowest BCUT2D eigenvalue weighted by molar-refractivity contribution is -0.160. The van der Waals surface area contributed by atoms with Crippen LogP contribution in [0.4, 0.5) is 13.2 Å². The van der Waals surface area contributed by atoms with E-state index in [1.807, 2.05) is 0 Å². The summed E-state index contributed by atoms with van der Waals surface area (Å²) in [4.78, 5) is 9.89. The molecule has 2 N–H and O–H groups in total. The molecule has 0 spiro atoms. The maximum absolute atomic E-state index is 12.7. The van der Waals surface area contributed by atoms with E-state index in [1.54, 1.807) is 4.72 Å². The predicted octanol–water partition coefficient (Wildman–Crippen LogP) is 1.82. The van der Waals surface area contributed by atoms with Crippen molar-refractivity contribution in [1.29, 1.82) is 0 Å². The highest BCUT2D eigenvalue weighted by molar-refractivity contribution is 7.89. The van der Waals surface area contributed by atoms with Gasteiger partial charge in [0, 0.05) is 5.38 Å². The van der Waals surface area contributed by atoms with Crippen LogP contribution in [0.2, 0.25) is 0 Å².